The highest BCUT2D eigenvalue weighted by Crippen LogP contribution is 2.21. The number of nitrogens with one attached hydrogen (secondary N) is 2. The van der Waals surface area contributed by atoms with Gasteiger partial charge in [-0.3, -0.25) is 25.1 Å². The van der Waals surface area contributed by atoms with E-state index < -0.39 is 17.9 Å². The Bertz CT molecular complexity index is 724. The number of carbonyl (C=O) groups is 2. The van der Waals surface area contributed by atoms with Gasteiger partial charge in [0.25, 0.3) is 11.8 Å². The van der Waals surface area contributed by atoms with Crippen molar-refractivity contribution in [3.05, 3.63) is 47.3 Å². The molecule has 122 valence electrons. The van der Waals surface area contributed by atoms with E-state index in [9.17, 15) is 9.59 Å². The number of hydrogen-bond acceptors (Lipinski definition) is 4. The van der Waals surface area contributed by atoms with Crippen molar-refractivity contribution in [1.82, 2.24) is 20.6 Å². The summed E-state index contributed by atoms with van der Waals surface area (Å²) in [5.74, 6) is -0.236. The Balaban J connectivity index is 1.90. The second-order valence-electron chi connectivity index (χ2n) is 5.30. The minimum absolute atomic E-state index is 0.357. The van der Waals surface area contributed by atoms with Crippen LogP contribution in [0.2, 0.25) is 0 Å². The van der Waals surface area contributed by atoms with Gasteiger partial charge in [0.05, 0.1) is 11.8 Å². The van der Waals surface area contributed by atoms with Gasteiger partial charge in [-0.15, -0.1) is 0 Å². The van der Waals surface area contributed by atoms with Crippen molar-refractivity contribution < 1.29 is 14.3 Å². The molecule has 0 aliphatic rings. The fraction of sp³-hybridized carbons (Fsp3) is 0.312. The number of ether oxygens (including phenoxy) is 1. The van der Waals surface area contributed by atoms with E-state index in [4.69, 9.17) is 4.74 Å². The van der Waals surface area contributed by atoms with E-state index in [1.54, 1.807) is 26.2 Å². The van der Waals surface area contributed by atoms with Gasteiger partial charge in [0.2, 0.25) is 0 Å². The standard InChI is InChI=1S/C16H20N4O3/c1-10-6-5-7-14(11(10)2)23-12(3)15(21)18-19-16(22)13-8-17-20(4)9-13/h5-9,12H,1-4H3,(H,18,21)(H,19,22)/t12-/m1/s1. The number of hydrazine groups is 1. The Labute approximate surface area is 134 Å². The highest BCUT2D eigenvalue weighted by atomic mass is 16.5. The molecule has 0 spiro atoms. The normalized spacial score (nSPS) is 11.7. The van der Waals surface area contributed by atoms with E-state index in [-0.39, 0.29) is 0 Å². The molecule has 0 aliphatic carbocycles. The molecule has 0 radical (unpaired) electrons. The summed E-state index contributed by atoms with van der Waals surface area (Å²) in [4.78, 5) is 23.8. The van der Waals surface area contributed by atoms with Crippen molar-refractivity contribution in [3.8, 4) is 5.75 Å². The third-order valence-electron chi connectivity index (χ3n) is 3.49. The van der Waals surface area contributed by atoms with Crippen molar-refractivity contribution in [2.45, 2.75) is 26.9 Å². The molecule has 23 heavy (non-hydrogen) atoms. The summed E-state index contributed by atoms with van der Waals surface area (Å²) in [5, 5.41) is 3.89. The largest absolute Gasteiger partial charge is 0.481 e. The van der Waals surface area contributed by atoms with Crippen molar-refractivity contribution >= 4 is 11.8 Å². The lowest BCUT2D eigenvalue weighted by atomic mass is 10.1. The first-order valence-corrected chi connectivity index (χ1v) is 7.20. The number of nitrogens with zero attached hydrogens (tertiary/aromatic N) is 2. The van der Waals surface area contributed by atoms with Crippen molar-refractivity contribution in [2.75, 3.05) is 0 Å². The molecule has 0 bridgehead atoms. The Hall–Kier alpha value is -2.83. The average molecular weight is 316 g/mol. The number of amides is 2. The maximum atomic E-state index is 12.0. The smallest absolute Gasteiger partial charge is 0.279 e. The first kappa shape index (κ1) is 16.5. The number of benzene rings is 1. The Kier molecular flexibility index (Phi) is 5.00. The van der Waals surface area contributed by atoms with Crippen LogP contribution in [-0.2, 0) is 11.8 Å². The SMILES string of the molecule is Cc1cccc(O[C@H](C)C(=O)NNC(=O)c2cnn(C)c2)c1C. The molecule has 2 N–H and O–H groups in total. The van der Waals surface area contributed by atoms with Crippen molar-refractivity contribution in [3.63, 3.8) is 0 Å². The van der Waals surface area contributed by atoms with Crippen LogP contribution < -0.4 is 15.6 Å². The van der Waals surface area contributed by atoms with Gasteiger partial charge in [0, 0.05) is 13.2 Å². The average Bonchev–Trinajstić information content (AvgIpc) is 2.95. The highest BCUT2D eigenvalue weighted by Gasteiger charge is 2.17. The summed E-state index contributed by atoms with van der Waals surface area (Å²) in [7, 11) is 1.70. The Morgan fingerprint density at radius 1 is 1.26 bits per heavy atom. The monoisotopic (exact) mass is 316 g/mol. The summed E-state index contributed by atoms with van der Waals surface area (Å²) >= 11 is 0. The molecule has 2 rings (SSSR count). The maximum Gasteiger partial charge on any atom is 0.279 e. The third-order valence-corrected chi connectivity index (χ3v) is 3.49. The van der Waals surface area contributed by atoms with Crippen LogP contribution in [0, 0.1) is 13.8 Å². The number of rotatable bonds is 4. The molecule has 1 aromatic heterocycles. The molecule has 7 nitrogen and oxygen atoms in total. The molecule has 0 aliphatic heterocycles. The molecular formula is C16H20N4O3. The van der Waals surface area contributed by atoms with E-state index in [1.807, 2.05) is 26.0 Å². The van der Waals surface area contributed by atoms with Crippen LogP contribution in [0.15, 0.2) is 30.6 Å². The summed E-state index contributed by atoms with van der Waals surface area (Å²) < 4.78 is 7.15. The first-order valence-electron chi connectivity index (χ1n) is 7.20. The third kappa shape index (κ3) is 4.09. The highest BCUT2D eigenvalue weighted by molar-refractivity contribution is 5.95. The number of aryl methyl sites for hydroxylation is 2. The van der Waals surface area contributed by atoms with Crippen LogP contribution in [0.3, 0.4) is 0 Å². The van der Waals surface area contributed by atoms with E-state index >= 15 is 0 Å². The lowest BCUT2D eigenvalue weighted by Crippen LogP contribution is -2.47. The van der Waals surface area contributed by atoms with Gasteiger partial charge >= 0.3 is 0 Å². The molecule has 0 unspecified atom stereocenters. The van der Waals surface area contributed by atoms with Gasteiger partial charge < -0.3 is 4.74 Å². The predicted molar refractivity (Wildman–Crippen MR) is 84.8 cm³/mol. The molecule has 0 saturated heterocycles. The second kappa shape index (κ2) is 6.95. The zero-order chi connectivity index (χ0) is 17.0. The van der Waals surface area contributed by atoms with Gasteiger partial charge in [-0.05, 0) is 38.0 Å². The van der Waals surface area contributed by atoms with Crippen molar-refractivity contribution in [1.29, 1.82) is 0 Å². The van der Waals surface area contributed by atoms with Crippen LogP contribution in [-0.4, -0.2) is 27.7 Å². The molecule has 1 heterocycles. The van der Waals surface area contributed by atoms with E-state index in [1.165, 1.54) is 10.9 Å². The summed E-state index contributed by atoms with van der Waals surface area (Å²) in [6, 6.07) is 5.65. The molecule has 2 amide bonds. The van der Waals surface area contributed by atoms with Crippen LogP contribution in [0.1, 0.15) is 28.4 Å². The summed E-state index contributed by atoms with van der Waals surface area (Å²) in [6.07, 6.45) is 2.22. The van der Waals surface area contributed by atoms with Gasteiger partial charge in [-0.1, -0.05) is 12.1 Å². The first-order chi connectivity index (χ1) is 10.9. The quantitative estimate of drug-likeness (QED) is 0.832. The summed E-state index contributed by atoms with van der Waals surface area (Å²) in [6.45, 7) is 5.52. The topological polar surface area (TPSA) is 85.2 Å². The molecular weight excluding hydrogens is 296 g/mol. The van der Waals surface area contributed by atoms with E-state index in [2.05, 4.69) is 16.0 Å². The van der Waals surface area contributed by atoms with Gasteiger partial charge in [0.1, 0.15) is 5.75 Å². The Morgan fingerprint density at radius 2 is 2.00 bits per heavy atom. The van der Waals surface area contributed by atoms with Gasteiger partial charge in [-0.25, -0.2) is 0 Å². The number of hydrogen-bond donors (Lipinski definition) is 2. The lowest BCUT2D eigenvalue weighted by molar-refractivity contribution is -0.128. The van der Waals surface area contributed by atoms with Gasteiger partial charge in [-0.2, -0.15) is 5.10 Å². The molecule has 1 aromatic carbocycles. The zero-order valence-electron chi connectivity index (χ0n) is 13.6. The fourth-order valence-electron chi connectivity index (χ4n) is 1.93. The Morgan fingerprint density at radius 3 is 2.65 bits per heavy atom. The van der Waals surface area contributed by atoms with Crippen LogP contribution in [0.5, 0.6) is 5.75 Å². The predicted octanol–water partition coefficient (Wildman–Crippen LogP) is 1.27. The molecule has 1 atom stereocenters. The molecule has 2 aromatic rings. The van der Waals surface area contributed by atoms with Crippen LogP contribution in [0.25, 0.3) is 0 Å². The minimum Gasteiger partial charge on any atom is -0.481 e. The number of aromatic nitrogens is 2. The maximum absolute atomic E-state index is 12.0. The van der Waals surface area contributed by atoms with Crippen LogP contribution in [0.4, 0.5) is 0 Å². The van der Waals surface area contributed by atoms with Crippen molar-refractivity contribution in [2.24, 2.45) is 7.05 Å². The molecule has 0 fully saturated rings. The van der Waals surface area contributed by atoms with Gasteiger partial charge in [0.15, 0.2) is 6.10 Å². The second-order valence-corrected chi connectivity index (χ2v) is 5.30. The summed E-state index contributed by atoms with van der Waals surface area (Å²) in [5.41, 5.74) is 7.10. The lowest BCUT2D eigenvalue weighted by Gasteiger charge is -2.17. The van der Waals surface area contributed by atoms with Crippen LogP contribution >= 0.6 is 0 Å². The zero-order valence-corrected chi connectivity index (χ0v) is 13.6. The fourth-order valence-corrected chi connectivity index (χ4v) is 1.93. The molecule has 7 heteroatoms. The van der Waals surface area contributed by atoms with E-state index in [0.29, 0.717) is 11.3 Å². The number of carbonyl (C=O) groups excluding carboxylic acids is 2. The minimum atomic E-state index is -0.746. The molecule has 0 saturated carbocycles. The van der Waals surface area contributed by atoms with E-state index in [0.717, 1.165) is 11.1 Å².